The van der Waals surface area contributed by atoms with E-state index in [-0.39, 0.29) is 5.56 Å². The summed E-state index contributed by atoms with van der Waals surface area (Å²) in [5.74, 6) is 0.408. The predicted octanol–water partition coefficient (Wildman–Crippen LogP) is 1.94. The van der Waals surface area contributed by atoms with Gasteiger partial charge in [0, 0.05) is 12.6 Å². The summed E-state index contributed by atoms with van der Waals surface area (Å²) >= 11 is 11.8. The summed E-state index contributed by atoms with van der Waals surface area (Å²) in [5.41, 5.74) is 5.90. The van der Waals surface area contributed by atoms with Gasteiger partial charge in [0.15, 0.2) is 0 Å². The van der Waals surface area contributed by atoms with Crippen LogP contribution in [0.3, 0.4) is 0 Å². The van der Waals surface area contributed by atoms with Gasteiger partial charge in [0.1, 0.15) is 12.4 Å². The molecule has 2 N–H and O–H groups in total. The smallest absolute Gasteiger partial charge is 0.270 e. The molecule has 0 aliphatic carbocycles. The number of halogens is 2. The van der Waals surface area contributed by atoms with Crippen LogP contribution >= 0.6 is 23.2 Å². The first kappa shape index (κ1) is 14.8. The summed E-state index contributed by atoms with van der Waals surface area (Å²) in [6.45, 7) is 1.04. The van der Waals surface area contributed by atoms with Gasteiger partial charge in [-0.25, -0.2) is 4.68 Å². The van der Waals surface area contributed by atoms with E-state index in [1.165, 1.54) is 16.9 Å². The van der Waals surface area contributed by atoms with Gasteiger partial charge in [-0.3, -0.25) is 4.79 Å². The van der Waals surface area contributed by atoms with Crippen molar-refractivity contribution in [3.05, 3.63) is 56.4 Å². The minimum absolute atomic E-state index is 0.259. The van der Waals surface area contributed by atoms with Crippen LogP contribution in [0.4, 0.5) is 0 Å². The number of aromatic nitrogens is 2. The molecule has 0 saturated heterocycles. The van der Waals surface area contributed by atoms with E-state index >= 15 is 0 Å². The molecule has 2 rings (SSSR count). The van der Waals surface area contributed by atoms with E-state index in [1.54, 1.807) is 18.2 Å². The van der Waals surface area contributed by atoms with E-state index in [2.05, 4.69) is 5.10 Å². The van der Waals surface area contributed by atoms with E-state index in [0.29, 0.717) is 35.5 Å². The van der Waals surface area contributed by atoms with E-state index in [9.17, 15) is 4.79 Å². The maximum absolute atomic E-state index is 11.9. The number of hydrogen-bond donors (Lipinski definition) is 1. The van der Waals surface area contributed by atoms with E-state index in [4.69, 9.17) is 33.7 Å². The molecule has 0 aliphatic heterocycles. The summed E-state index contributed by atoms with van der Waals surface area (Å²) in [4.78, 5) is 11.9. The van der Waals surface area contributed by atoms with E-state index < -0.39 is 0 Å². The average molecular weight is 314 g/mol. The molecule has 1 aromatic carbocycles. The summed E-state index contributed by atoms with van der Waals surface area (Å²) in [6.07, 6.45) is 1.48. The third-order valence-corrected chi connectivity index (χ3v) is 3.29. The zero-order valence-electron chi connectivity index (χ0n) is 10.6. The van der Waals surface area contributed by atoms with Crippen LogP contribution in [0.25, 0.3) is 0 Å². The monoisotopic (exact) mass is 313 g/mol. The van der Waals surface area contributed by atoms with Crippen molar-refractivity contribution in [2.24, 2.45) is 5.73 Å². The van der Waals surface area contributed by atoms with Crippen LogP contribution in [-0.4, -0.2) is 22.9 Å². The molecule has 0 bridgehead atoms. The van der Waals surface area contributed by atoms with Gasteiger partial charge in [0.05, 0.1) is 22.8 Å². The third-order valence-electron chi connectivity index (χ3n) is 2.55. The molecular weight excluding hydrogens is 301 g/mol. The quantitative estimate of drug-likeness (QED) is 0.915. The van der Waals surface area contributed by atoms with Crippen molar-refractivity contribution in [3.8, 4) is 5.75 Å². The highest BCUT2D eigenvalue weighted by atomic mass is 35.5. The molecule has 0 saturated carbocycles. The molecular formula is C13H13Cl2N3O2. The Kier molecular flexibility index (Phi) is 5.00. The third kappa shape index (κ3) is 3.72. The zero-order chi connectivity index (χ0) is 14.5. The second-order valence-electron chi connectivity index (χ2n) is 4.07. The topological polar surface area (TPSA) is 70.1 Å². The van der Waals surface area contributed by atoms with Crippen molar-refractivity contribution in [2.45, 2.75) is 6.54 Å². The van der Waals surface area contributed by atoms with Crippen LogP contribution in [0, 0.1) is 0 Å². The van der Waals surface area contributed by atoms with Gasteiger partial charge >= 0.3 is 0 Å². The predicted molar refractivity (Wildman–Crippen MR) is 78.6 cm³/mol. The molecule has 0 radical (unpaired) electrons. The highest BCUT2D eigenvalue weighted by Crippen LogP contribution is 2.22. The molecule has 0 spiro atoms. The van der Waals surface area contributed by atoms with Crippen LogP contribution in [0.2, 0.25) is 10.0 Å². The first-order chi connectivity index (χ1) is 9.60. The number of nitrogens with two attached hydrogens (primary N) is 1. The molecule has 1 heterocycles. The van der Waals surface area contributed by atoms with Crippen molar-refractivity contribution in [3.63, 3.8) is 0 Å². The number of rotatable bonds is 5. The van der Waals surface area contributed by atoms with E-state index in [1.807, 2.05) is 0 Å². The molecule has 0 amide bonds. The van der Waals surface area contributed by atoms with Crippen LogP contribution < -0.4 is 16.0 Å². The van der Waals surface area contributed by atoms with Gasteiger partial charge in [-0.2, -0.15) is 5.10 Å². The minimum atomic E-state index is -0.259. The number of ether oxygens (including phenoxy) is 1. The number of benzene rings is 1. The Hall–Kier alpha value is -1.56. The fourth-order valence-electron chi connectivity index (χ4n) is 1.60. The van der Waals surface area contributed by atoms with Crippen LogP contribution in [0.1, 0.15) is 5.56 Å². The summed E-state index contributed by atoms with van der Waals surface area (Å²) in [5, 5.41) is 4.96. The largest absolute Gasteiger partial charge is 0.490 e. The van der Waals surface area contributed by atoms with Crippen LogP contribution in [-0.2, 0) is 6.54 Å². The van der Waals surface area contributed by atoms with Gasteiger partial charge in [-0.1, -0.05) is 29.3 Å². The Balaban J connectivity index is 2.17. The Morgan fingerprint density at radius 1 is 1.25 bits per heavy atom. The lowest BCUT2D eigenvalue weighted by molar-refractivity contribution is 0.324. The van der Waals surface area contributed by atoms with Crippen molar-refractivity contribution >= 4 is 23.2 Å². The molecule has 0 unspecified atom stereocenters. The molecule has 20 heavy (non-hydrogen) atoms. The van der Waals surface area contributed by atoms with Crippen LogP contribution in [0.5, 0.6) is 5.75 Å². The Morgan fingerprint density at radius 2 is 2.05 bits per heavy atom. The molecule has 106 valence electrons. The molecule has 0 fully saturated rings. The second kappa shape index (κ2) is 6.74. The van der Waals surface area contributed by atoms with Crippen molar-refractivity contribution in [1.82, 2.24) is 9.78 Å². The first-order valence-corrected chi connectivity index (χ1v) is 6.69. The highest BCUT2D eigenvalue weighted by molar-refractivity contribution is 6.42. The maximum atomic E-state index is 11.9. The lowest BCUT2D eigenvalue weighted by Gasteiger charge is -2.07. The van der Waals surface area contributed by atoms with Crippen molar-refractivity contribution in [2.75, 3.05) is 13.2 Å². The Morgan fingerprint density at radius 3 is 2.70 bits per heavy atom. The van der Waals surface area contributed by atoms with Gasteiger partial charge in [0.25, 0.3) is 5.56 Å². The fourth-order valence-corrected chi connectivity index (χ4v) is 1.92. The summed E-state index contributed by atoms with van der Waals surface area (Å²) in [6, 6.07) is 6.56. The molecule has 0 atom stereocenters. The first-order valence-electron chi connectivity index (χ1n) is 5.94. The standard InChI is InChI=1S/C13H13Cl2N3O2/c14-11-2-1-9(5-12(11)15)8-18-13(19)6-10(7-17-18)20-4-3-16/h1-2,5-7H,3-4,8,16H2. The maximum Gasteiger partial charge on any atom is 0.270 e. The second-order valence-corrected chi connectivity index (χ2v) is 4.89. The normalized spacial score (nSPS) is 10.6. The Labute approximate surface area is 125 Å². The van der Waals surface area contributed by atoms with Gasteiger partial charge in [-0.15, -0.1) is 0 Å². The molecule has 2 aromatic rings. The van der Waals surface area contributed by atoms with E-state index in [0.717, 1.165) is 5.56 Å². The SMILES string of the molecule is NCCOc1cnn(Cc2ccc(Cl)c(Cl)c2)c(=O)c1. The average Bonchev–Trinajstić information content (AvgIpc) is 2.43. The summed E-state index contributed by atoms with van der Waals surface area (Å²) in [7, 11) is 0. The van der Waals surface area contributed by atoms with Gasteiger partial charge < -0.3 is 10.5 Å². The lowest BCUT2D eigenvalue weighted by atomic mass is 10.2. The summed E-state index contributed by atoms with van der Waals surface area (Å²) < 4.78 is 6.55. The Bertz CT molecular complexity index is 658. The zero-order valence-corrected chi connectivity index (χ0v) is 12.1. The molecule has 7 heteroatoms. The van der Waals surface area contributed by atoms with Gasteiger partial charge in [-0.05, 0) is 17.7 Å². The number of nitrogens with zero attached hydrogens (tertiary/aromatic N) is 2. The van der Waals surface area contributed by atoms with Crippen molar-refractivity contribution < 1.29 is 4.74 Å². The highest BCUT2D eigenvalue weighted by Gasteiger charge is 2.04. The lowest BCUT2D eigenvalue weighted by Crippen LogP contribution is -2.23. The molecule has 1 aromatic heterocycles. The minimum Gasteiger partial charge on any atom is -0.490 e. The molecule has 5 nitrogen and oxygen atoms in total. The van der Waals surface area contributed by atoms with Gasteiger partial charge in [0.2, 0.25) is 0 Å². The fraction of sp³-hybridized carbons (Fsp3) is 0.231. The number of hydrogen-bond acceptors (Lipinski definition) is 4. The molecule has 0 aliphatic rings. The van der Waals surface area contributed by atoms with Crippen molar-refractivity contribution in [1.29, 1.82) is 0 Å². The van der Waals surface area contributed by atoms with Crippen LogP contribution in [0.15, 0.2) is 35.3 Å².